The molecule has 1 saturated heterocycles. The molecule has 2 aromatic carbocycles. The van der Waals surface area contributed by atoms with Crippen molar-refractivity contribution in [3.05, 3.63) is 71.5 Å². The summed E-state index contributed by atoms with van der Waals surface area (Å²) in [4.78, 5) is 43.7. The van der Waals surface area contributed by atoms with Crippen molar-refractivity contribution < 1.29 is 32.3 Å². The summed E-state index contributed by atoms with van der Waals surface area (Å²) in [5.41, 5.74) is 7.34. The second kappa shape index (κ2) is 12.5. The molecule has 1 aliphatic rings. The fourth-order valence-electron chi connectivity index (χ4n) is 5.09. The number of aromatic nitrogens is 1. The lowest BCUT2D eigenvalue weighted by atomic mass is 10.0. The molecule has 42 heavy (non-hydrogen) atoms. The number of anilines is 2. The molecule has 13 heteroatoms. The lowest BCUT2D eigenvalue weighted by Crippen LogP contribution is -2.38. The topological polar surface area (TPSA) is 170 Å². The fourth-order valence-corrected chi connectivity index (χ4v) is 6.03. The van der Waals surface area contributed by atoms with Crippen molar-refractivity contribution in [1.29, 1.82) is 0 Å². The largest absolute Gasteiger partial charge is 0.493 e. The number of nitrogens with two attached hydrogens (primary N) is 1. The number of benzene rings is 2. The van der Waals surface area contributed by atoms with Crippen LogP contribution in [0.4, 0.5) is 11.4 Å². The Balaban J connectivity index is 1.80. The van der Waals surface area contributed by atoms with Gasteiger partial charge in [0.2, 0.25) is 17.7 Å². The number of rotatable bonds is 10. The molecule has 0 radical (unpaired) electrons. The number of nitrogens with zero attached hydrogens (tertiary/aromatic N) is 2. The molecule has 4 rings (SSSR count). The van der Waals surface area contributed by atoms with Crippen molar-refractivity contribution in [1.82, 2.24) is 9.88 Å². The number of likely N-dealkylation sites (tertiary alicyclic amines) is 1. The van der Waals surface area contributed by atoms with E-state index in [4.69, 9.17) is 15.2 Å². The molecule has 0 aliphatic carbocycles. The zero-order chi connectivity index (χ0) is 30.6. The van der Waals surface area contributed by atoms with Crippen molar-refractivity contribution >= 4 is 38.9 Å². The van der Waals surface area contributed by atoms with Gasteiger partial charge in [-0.1, -0.05) is 6.07 Å². The first-order valence-corrected chi connectivity index (χ1v) is 15.0. The van der Waals surface area contributed by atoms with E-state index in [1.54, 1.807) is 29.2 Å². The Morgan fingerprint density at radius 3 is 2.40 bits per heavy atom. The van der Waals surface area contributed by atoms with Crippen molar-refractivity contribution in [2.75, 3.05) is 37.7 Å². The van der Waals surface area contributed by atoms with Crippen molar-refractivity contribution in [2.45, 2.75) is 36.7 Å². The summed E-state index contributed by atoms with van der Waals surface area (Å²) >= 11 is 0. The fraction of sp³-hybridized carbons (Fsp3) is 0.310. The minimum atomic E-state index is -3.66. The van der Waals surface area contributed by atoms with Gasteiger partial charge in [0.25, 0.3) is 0 Å². The van der Waals surface area contributed by atoms with Crippen LogP contribution in [0.3, 0.4) is 0 Å². The van der Waals surface area contributed by atoms with Crippen LogP contribution < -0.4 is 25.8 Å². The van der Waals surface area contributed by atoms with Crippen molar-refractivity contribution in [3.63, 3.8) is 0 Å². The first-order chi connectivity index (χ1) is 19.9. The lowest BCUT2D eigenvalue weighted by Gasteiger charge is -2.31. The van der Waals surface area contributed by atoms with Crippen LogP contribution in [0.1, 0.15) is 53.3 Å². The van der Waals surface area contributed by atoms with E-state index in [0.717, 1.165) is 6.26 Å². The number of amides is 3. The quantitative estimate of drug-likeness (QED) is 0.319. The maximum Gasteiger partial charge on any atom is 0.250 e. The first kappa shape index (κ1) is 30.3. The Morgan fingerprint density at radius 1 is 1.02 bits per heavy atom. The number of ether oxygens (including phenoxy) is 2. The third-order valence-electron chi connectivity index (χ3n) is 6.95. The van der Waals surface area contributed by atoms with E-state index in [0.29, 0.717) is 53.4 Å². The highest BCUT2D eigenvalue weighted by atomic mass is 32.2. The van der Waals surface area contributed by atoms with Gasteiger partial charge in [-0.25, -0.2) is 8.42 Å². The van der Waals surface area contributed by atoms with Gasteiger partial charge in [0, 0.05) is 31.6 Å². The molecular formula is C29H33N5O7S. The molecule has 1 fully saturated rings. The number of hydrogen-bond donors (Lipinski definition) is 3. The number of pyridine rings is 1. The highest BCUT2D eigenvalue weighted by Crippen LogP contribution is 2.40. The highest BCUT2D eigenvalue weighted by molar-refractivity contribution is 7.90. The van der Waals surface area contributed by atoms with Crippen molar-refractivity contribution in [3.8, 4) is 11.5 Å². The van der Waals surface area contributed by atoms with Crippen LogP contribution in [0.25, 0.3) is 0 Å². The SMILES string of the molecule is COc1ccc([C@H](Nc2cncc(C(N)=O)c2)C(=O)N2CCC[C@@H]2c2cc(NC(C)=O)ccc2S(C)(=O)=O)cc1OC. The van der Waals surface area contributed by atoms with E-state index in [1.807, 2.05) is 0 Å². The number of nitrogens with one attached hydrogen (secondary N) is 2. The summed E-state index contributed by atoms with van der Waals surface area (Å²) in [7, 11) is -0.678. The Hall–Kier alpha value is -4.65. The van der Waals surface area contributed by atoms with Crippen LogP contribution >= 0.6 is 0 Å². The second-order valence-electron chi connectivity index (χ2n) is 9.91. The Kier molecular flexibility index (Phi) is 9.00. The number of primary amides is 1. The third-order valence-corrected chi connectivity index (χ3v) is 8.12. The molecule has 3 amide bonds. The van der Waals surface area contributed by atoms with Gasteiger partial charge in [0.05, 0.1) is 42.6 Å². The van der Waals surface area contributed by atoms with E-state index in [9.17, 15) is 22.8 Å². The smallest absolute Gasteiger partial charge is 0.250 e. The molecule has 4 N–H and O–H groups in total. The molecule has 0 unspecified atom stereocenters. The molecule has 0 spiro atoms. The number of hydrogen-bond acceptors (Lipinski definition) is 9. The minimum absolute atomic E-state index is 0.0790. The van der Waals surface area contributed by atoms with Gasteiger partial charge in [-0.2, -0.15) is 0 Å². The van der Waals surface area contributed by atoms with Crippen LogP contribution in [-0.2, 0) is 19.4 Å². The van der Waals surface area contributed by atoms with Gasteiger partial charge in [0.1, 0.15) is 6.04 Å². The molecule has 2 heterocycles. The molecular weight excluding hydrogens is 562 g/mol. The third kappa shape index (κ3) is 6.62. The Labute approximate surface area is 244 Å². The van der Waals surface area contributed by atoms with Crippen LogP contribution in [0.2, 0.25) is 0 Å². The summed E-state index contributed by atoms with van der Waals surface area (Å²) < 4.78 is 36.4. The maximum atomic E-state index is 14.4. The van der Waals surface area contributed by atoms with Gasteiger partial charge in [-0.15, -0.1) is 0 Å². The van der Waals surface area contributed by atoms with E-state index in [-0.39, 0.29) is 22.3 Å². The summed E-state index contributed by atoms with van der Waals surface area (Å²) in [6, 6.07) is 9.55. The molecule has 0 saturated carbocycles. The maximum absolute atomic E-state index is 14.4. The predicted molar refractivity (Wildman–Crippen MR) is 156 cm³/mol. The van der Waals surface area contributed by atoms with Crippen LogP contribution in [0, 0.1) is 0 Å². The average Bonchev–Trinajstić information content (AvgIpc) is 3.44. The standard InChI is InChI=1S/C29H33N5O7S/c1-17(35)32-20-8-10-26(42(4,38)39)22(14-20)23-6-5-11-34(23)29(37)27(18-7-9-24(40-2)25(13-18)41-3)33-21-12-19(28(30)36)15-31-16-21/h7-10,12-16,23,27,33H,5-6,11H2,1-4H3,(H2,30,36)(H,32,35)/t23-,27+/m1/s1. The van der Waals surface area contributed by atoms with E-state index < -0.39 is 27.8 Å². The minimum Gasteiger partial charge on any atom is -0.493 e. The molecule has 12 nitrogen and oxygen atoms in total. The molecule has 1 aromatic heterocycles. The van der Waals surface area contributed by atoms with Crippen LogP contribution in [0.15, 0.2) is 59.8 Å². The second-order valence-corrected chi connectivity index (χ2v) is 11.9. The molecule has 0 bridgehead atoms. The number of sulfone groups is 1. The Bertz CT molecular complexity index is 1630. The van der Waals surface area contributed by atoms with E-state index in [2.05, 4.69) is 15.6 Å². The van der Waals surface area contributed by atoms with E-state index in [1.165, 1.54) is 51.7 Å². The van der Waals surface area contributed by atoms with E-state index >= 15 is 0 Å². The zero-order valence-corrected chi connectivity index (χ0v) is 24.5. The van der Waals surface area contributed by atoms with Gasteiger partial charge >= 0.3 is 0 Å². The first-order valence-electron chi connectivity index (χ1n) is 13.1. The number of methoxy groups -OCH3 is 2. The average molecular weight is 596 g/mol. The monoisotopic (exact) mass is 595 g/mol. The Morgan fingerprint density at radius 2 is 1.76 bits per heavy atom. The number of carbonyl (C=O) groups excluding carboxylic acids is 3. The number of carbonyl (C=O) groups is 3. The lowest BCUT2D eigenvalue weighted by molar-refractivity contribution is -0.133. The zero-order valence-electron chi connectivity index (χ0n) is 23.7. The summed E-state index contributed by atoms with van der Waals surface area (Å²) in [6.07, 6.45) is 5.04. The van der Waals surface area contributed by atoms with Crippen LogP contribution in [0.5, 0.6) is 11.5 Å². The van der Waals surface area contributed by atoms with Gasteiger partial charge in [-0.05, 0) is 60.4 Å². The van der Waals surface area contributed by atoms with Crippen LogP contribution in [-0.4, -0.2) is 63.0 Å². The summed E-state index contributed by atoms with van der Waals surface area (Å²) in [5, 5.41) is 5.87. The highest BCUT2D eigenvalue weighted by Gasteiger charge is 2.37. The normalized spacial score (nSPS) is 15.5. The van der Waals surface area contributed by atoms with Crippen molar-refractivity contribution in [2.24, 2.45) is 5.73 Å². The van der Waals surface area contributed by atoms with Gasteiger partial charge in [0.15, 0.2) is 21.3 Å². The molecule has 1 aliphatic heterocycles. The molecule has 222 valence electrons. The predicted octanol–water partition coefficient (Wildman–Crippen LogP) is 3.08. The van der Waals surface area contributed by atoms with Gasteiger partial charge in [-0.3, -0.25) is 19.4 Å². The molecule has 2 atom stereocenters. The summed E-state index contributed by atoms with van der Waals surface area (Å²) in [5.74, 6) is -0.460. The van der Waals surface area contributed by atoms with Gasteiger partial charge < -0.3 is 30.7 Å². The molecule has 3 aromatic rings. The summed E-state index contributed by atoms with van der Waals surface area (Å²) in [6.45, 7) is 1.72.